The minimum absolute atomic E-state index is 0.411. The third-order valence-electron chi connectivity index (χ3n) is 4.18. The Bertz CT molecular complexity index is 891. The number of methoxy groups -OCH3 is 1. The first-order valence-electron chi connectivity index (χ1n) is 9.46. The van der Waals surface area contributed by atoms with Gasteiger partial charge in [-0.1, -0.05) is 42.5 Å². The molecule has 5 heteroatoms. The van der Waals surface area contributed by atoms with E-state index in [2.05, 4.69) is 0 Å². The third kappa shape index (κ3) is 6.28. The summed E-state index contributed by atoms with van der Waals surface area (Å²) >= 11 is 0. The second kappa shape index (κ2) is 10.8. The van der Waals surface area contributed by atoms with Gasteiger partial charge in [0.15, 0.2) is 0 Å². The van der Waals surface area contributed by atoms with Crippen molar-refractivity contribution < 1.29 is 23.7 Å². The van der Waals surface area contributed by atoms with Gasteiger partial charge in [-0.3, -0.25) is 0 Å². The molecule has 0 aromatic heterocycles. The fraction of sp³-hybridized carbons (Fsp3) is 0.208. The average molecular weight is 392 g/mol. The van der Waals surface area contributed by atoms with Crippen molar-refractivity contribution in [3.63, 3.8) is 0 Å². The molecule has 0 saturated carbocycles. The Morgan fingerprint density at radius 2 is 1.34 bits per heavy atom. The molecule has 150 valence electrons. The number of hydrogen-bond acceptors (Lipinski definition) is 5. The van der Waals surface area contributed by atoms with Crippen LogP contribution in [0.15, 0.2) is 78.9 Å². The van der Waals surface area contributed by atoms with Gasteiger partial charge in [0.2, 0.25) is 0 Å². The number of hydrogen-bond donors (Lipinski definition) is 0. The molecule has 0 saturated heterocycles. The second-order valence-electron chi connectivity index (χ2n) is 6.28. The molecule has 3 rings (SSSR count). The molecule has 0 aliphatic heterocycles. The molecule has 0 N–H and O–H groups in total. The molecule has 0 heterocycles. The Hall–Kier alpha value is -3.47. The molecule has 0 bridgehead atoms. The van der Waals surface area contributed by atoms with Gasteiger partial charge in [-0.2, -0.15) is 0 Å². The largest absolute Gasteiger partial charge is 0.493 e. The van der Waals surface area contributed by atoms with Crippen LogP contribution in [0.1, 0.15) is 22.3 Å². The van der Waals surface area contributed by atoms with E-state index in [9.17, 15) is 4.79 Å². The molecular formula is C24H24O5. The summed E-state index contributed by atoms with van der Waals surface area (Å²) in [5.74, 6) is 1.67. The van der Waals surface area contributed by atoms with Crippen molar-refractivity contribution in [1.29, 1.82) is 0 Å². The molecule has 3 aromatic rings. The van der Waals surface area contributed by atoms with Crippen molar-refractivity contribution in [3.8, 4) is 17.2 Å². The smallest absolute Gasteiger partial charge is 0.341 e. The van der Waals surface area contributed by atoms with Crippen molar-refractivity contribution in [1.82, 2.24) is 0 Å². The summed E-state index contributed by atoms with van der Waals surface area (Å²) in [6, 6.07) is 24.6. The van der Waals surface area contributed by atoms with Gasteiger partial charge in [0, 0.05) is 6.42 Å². The monoisotopic (exact) mass is 392 g/mol. The summed E-state index contributed by atoms with van der Waals surface area (Å²) in [6.07, 6.45) is 0.682. The lowest BCUT2D eigenvalue weighted by atomic mass is 10.2. The predicted octanol–water partition coefficient (Wildman–Crippen LogP) is 4.90. The summed E-state index contributed by atoms with van der Waals surface area (Å²) in [6.45, 7) is 1.47. The molecule has 0 unspecified atom stereocenters. The van der Waals surface area contributed by atoms with Gasteiger partial charge in [0.1, 0.15) is 29.4 Å². The third-order valence-corrected chi connectivity index (χ3v) is 4.18. The molecule has 0 amide bonds. The topological polar surface area (TPSA) is 54.0 Å². The van der Waals surface area contributed by atoms with Crippen molar-refractivity contribution in [2.24, 2.45) is 0 Å². The number of para-hydroxylation sites is 1. The van der Waals surface area contributed by atoms with Crippen molar-refractivity contribution in [3.05, 3.63) is 90.0 Å². The molecule has 0 fully saturated rings. The Kier molecular flexibility index (Phi) is 7.52. The van der Waals surface area contributed by atoms with E-state index in [1.54, 1.807) is 18.2 Å². The van der Waals surface area contributed by atoms with E-state index in [1.165, 1.54) is 7.11 Å². The zero-order valence-corrected chi connectivity index (χ0v) is 16.4. The van der Waals surface area contributed by atoms with Crippen LogP contribution in [0.2, 0.25) is 0 Å². The van der Waals surface area contributed by atoms with E-state index in [1.807, 2.05) is 60.7 Å². The van der Waals surface area contributed by atoms with Crippen LogP contribution in [-0.2, 0) is 11.3 Å². The minimum atomic E-state index is -0.411. The maximum atomic E-state index is 11.7. The highest BCUT2D eigenvalue weighted by Crippen LogP contribution is 2.20. The van der Waals surface area contributed by atoms with E-state index < -0.39 is 5.97 Å². The summed E-state index contributed by atoms with van der Waals surface area (Å²) in [4.78, 5) is 11.7. The number of benzene rings is 3. The quantitative estimate of drug-likeness (QED) is 0.363. The molecular weight excluding hydrogens is 368 g/mol. The van der Waals surface area contributed by atoms with E-state index in [4.69, 9.17) is 18.9 Å². The van der Waals surface area contributed by atoms with Crippen molar-refractivity contribution >= 4 is 5.97 Å². The number of rotatable bonds is 10. The lowest BCUT2D eigenvalue weighted by Gasteiger charge is -2.11. The lowest BCUT2D eigenvalue weighted by Crippen LogP contribution is -2.09. The Labute approximate surface area is 170 Å². The Morgan fingerprint density at radius 1 is 0.724 bits per heavy atom. The van der Waals surface area contributed by atoms with Crippen LogP contribution >= 0.6 is 0 Å². The fourth-order valence-electron chi connectivity index (χ4n) is 2.68. The molecule has 3 aromatic carbocycles. The summed E-state index contributed by atoms with van der Waals surface area (Å²) in [7, 11) is 1.35. The van der Waals surface area contributed by atoms with Crippen LogP contribution in [0.4, 0.5) is 0 Å². The van der Waals surface area contributed by atoms with Crippen LogP contribution in [-0.4, -0.2) is 26.3 Å². The van der Waals surface area contributed by atoms with Gasteiger partial charge in [-0.25, -0.2) is 4.79 Å². The van der Waals surface area contributed by atoms with Gasteiger partial charge < -0.3 is 18.9 Å². The SMILES string of the molecule is COC(=O)c1ccccc1OCCCOc1ccc(OCc2ccccc2)cc1. The zero-order chi connectivity index (χ0) is 20.3. The average Bonchev–Trinajstić information content (AvgIpc) is 2.78. The first kappa shape index (κ1) is 20.3. The standard InChI is InChI=1S/C24H24O5/c1-26-24(25)22-10-5-6-11-23(22)28-17-7-16-27-20-12-14-21(15-13-20)29-18-19-8-3-2-4-9-19/h2-6,8-15H,7,16-18H2,1H3. The lowest BCUT2D eigenvalue weighted by molar-refractivity contribution is 0.0596. The second-order valence-corrected chi connectivity index (χ2v) is 6.28. The predicted molar refractivity (Wildman–Crippen MR) is 111 cm³/mol. The van der Waals surface area contributed by atoms with E-state index in [-0.39, 0.29) is 0 Å². The fourth-order valence-corrected chi connectivity index (χ4v) is 2.68. The molecule has 5 nitrogen and oxygen atoms in total. The van der Waals surface area contributed by atoms with Crippen LogP contribution in [0, 0.1) is 0 Å². The summed E-state index contributed by atoms with van der Waals surface area (Å²) < 4.78 is 21.9. The first-order chi connectivity index (χ1) is 14.3. The van der Waals surface area contributed by atoms with Gasteiger partial charge in [0.05, 0.1) is 20.3 Å². The molecule has 0 radical (unpaired) electrons. The highest BCUT2D eigenvalue weighted by molar-refractivity contribution is 5.92. The molecule has 0 aliphatic rings. The maximum absolute atomic E-state index is 11.7. The Morgan fingerprint density at radius 3 is 2.07 bits per heavy atom. The Balaban J connectivity index is 1.38. The molecule has 0 spiro atoms. The number of carbonyl (C=O) groups excluding carboxylic acids is 1. The van der Waals surface area contributed by atoms with Gasteiger partial charge in [-0.05, 0) is 42.0 Å². The van der Waals surface area contributed by atoms with Crippen molar-refractivity contribution in [2.75, 3.05) is 20.3 Å². The van der Waals surface area contributed by atoms with E-state index in [0.29, 0.717) is 37.6 Å². The number of ether oxygens (including phenoxy) is 4. The summed E-state index contributed by atoms with van der Waals surface area (Å²) in [5.41, 5.74) is 1.55. The first-order valence-corrected chi connectivity index (χ1v) is 9.46. The summed E-state index contributed by atoms with van der Waals surface area (Å²) in [5, 5.41) is 0. The van der Waals surface area contributed by atoms with Crippen LogP contribution in [0.3, 0.4) is 0 Å². The zero-order valence-electron chi connectivity index (χ0n) is 16.4. The highest BCUT2D eigenvalue weighted by atomic mass is 16.5. The minimum Gasteiger partial charge on any atom is -0.493 e. The van der Waals surface area contributed by atoms with Gasteiger partial charge >= 0.3 is 5.97 Å². The molecule has 29 heavy (non-hydrogen) atoms. The number of esters is 1. The molecule has 0 aliphatic carbocycles. The van der Waals surface area contributed by atoms with E-state index >= 15 is 0 Å². The van der Waals surface area contributed by atoms with Gasteiger partial charge in [-0.15, -0.1) is 0 Å². The maximum Gasteiger partial charge on any atom is 0.341 e. The van der Waals surface area contributed by atoms with Crippen LogP contribution in [0.25, 0.3) is 0 Å². The highest BCUT2D eigenvalue weighted by Gasteiger charge is 2.11. The van der Waals surface area contributed by atoms with Gasteiger partial charge in [0.25, 0.3) is 0 Å². The van der Waals surface area contributed by atoms with Crippen LogP contribution in [0.5, 0.6) is 17.2 Å². The molecule has 0 atom stereocenters. The van der Waals surface area contributed by atoms with Crippen molar-refractivity contribution in [2.45, 2.75) is 13.0 Å². The normalized spacial score (nSPS) is 10.2. The number of carbonyl (C=O) groups is 1. The van der Waals surface area contributed by atoms with E-state index in [0.717, 1.165) is 17.1 Å². The van der Waals surface area contributed by atoms with Crippen LogP contribution < -0.4 is 14.2 Å².